The second-order valence-corrected chi connectivity index (χ2v) is 4.44. The summed E-state index contributed by atoms with van der Waals surface area (Å²) in [6.07, 6.45) is 0.609. The molecule has 1 aromatic heterocycles. The van der Waals surface area contributed by atoms with Crippen LogP contribution in [0.4, 0.5) is 4.79 Å². The summed E-state index contributed by atoms with van der Waals surface area (Å²) in [5, 5.41) is 7.56. The highest BCUT2D eigenvalue weighted by Crippen LogP contribution is 2.11. The Bertz CT molecular complexity index is 568. The van der Waals surface area contributed by atoms with Crippen LogP contribution in [-0.2, 0) is 27.2 Å². The zero-order valence-electron chi connectivity index (χ0n) is 11.9. The van der Waals surface area contributed by atoms with Crippen LogP contribution in [0.2, 0.25) is 0 Å². The lowest BCUT2D eigenvalue weighted by atomic mass is 10.2. The molecule has 21 heavy (non-hydrogen) atoms. The van der Waals surface area contributed by atoms with Gasteiger partial charge in [0.2, 0.25) is 0 Å². The molecule has 9 heteroatoms. The van der Waals surface area contributed by atoms with Crippen LogP contribution in [-0.4, -0.2) is 58.1 Å². The van der Waals surface area contributed by atoms with E-state index in [0.717, 1.165) is 11.3 Å². The van der Waals surface area contributed by atoms with Gasteiger partial charge >= 0.3 is 12.1 Å². The molecular formula is C12H16N4O5. The van der Waals surface area contributed by atoms with E-state index in [1.807, 2.05) is 6.92 Å². The van der Waals surface area contributed by atoms with Gasteiger partial charge in [0.15, 0.2) is 5.69 Å². The molecule has 0 bridgehead atoms. The molecule has 114 valence electrons. The molecule has 0 atom stereocenters. The van der Waals surface area contributed by atoms with Gasteiger partial charge in [0.25, 0.3) is 5.91 Å². The van der Waals surface area contributed by atoms with Crippen molar-refractivity contribution in [2.45, 2.75) is 26.3 Å². The molecular weight excluding hydrogens is 280 g/mol. The van der Waals surface area contributed by atoms with Crippen molar-refractivity contribution in [3.05, 3.63) is 11.4 Å². The number of nitrogens with zero attached hydrogens (tertiary/aromatic N) is 4. The van der Waals surface area contributed by atoms with Crippen LogP contribution in [0, 0.1) is 0 Å². The Morgan fingerprint density at radius 1 is 1.43 bits per heavy atom. The van der Waals surface area contributed by atoms with Crippen LogP contribution >= 0.6 is 0 Å². The molecule has 0 aliphatic carbocycles. The van der Waals surface area contributed by atoms with Gasteiger partial charge < -0.3 is 9.47 Å². The number of hydrogen-bond donors (Lipinski definition) is 0. The molecule has 0 saturated carbocycles. The third kappa shape index (κ3) is 3.01. The van der Waals surface area contributed by atoms with Crippen LogP contribution in [0.1, 0.15) is 29.5 Å². The first-order valence-electron chi connectivity index (χ1n) is 6.56. The molecule has 1 aromatic rings. The summed E-state index contributed by atoms with van der Waals surface area (Å²) in [5.41, 5.74) is 0.612. The van der Waals surface area contributed by atoms with Crippen LogP contribution in [0.5, 0.6) is 0 Å². The molecule has 0 N–H and O–H groups in total. The molecule has 2 amide bonds. The zero-order valence-corrected chi connectivity index (χ0v) is 11.9. The van der Waals surface area contributed by atoms with Gasteiger partial charge in [-0.3, -0.25) is 4.79 Å². The quantitative estimate of drug-likeness (QED) is 0.704. The molecule has 0 aromatic carbocycles. The minimum atomic E-state index is -0.662. The lowest BCUT2D eigenvalue weighted by Gasteiger charge is -2.11. The normalized spacial score (nSPS) is 14.2. The molecule has 1 saturated heterocycles. The molecule has 1 fully saturated rings. The number of imide groups is 1. The maximum absolute atomic E-state index is 12.1. The SMILES string of the molecule is CCCc1c(C(=O)OC)nnn1CC(=O)N1CCOC1=O. The first-order valence-corrected chi connectivity index (χ1v) is 6.56. The summed E-state index contributed by atoms with van der Waals surface area (Å²) in [7, 11) is 1.25. The van der Waals surface area contributed by atoms with Crippen molar-refractivity contribution in [2.75, 3.05) is 20.3 Å². The fourth-order valence-corrected chi connectivity index (χ4v) is 2.03. The number of hydrogen-bond acceptors (Lipinski definition) is 7. The smallest absolute Gasteiger partial charge is 0.416 e. The van der Waals surface area contributed by atoms with E-state index in [1.165, 1.54) is 11.8 Å². The molecule has 0 unspecified atom stereocenters. The Labute approximate surface area is 120 Å². The molecule has 1 aliphatic rings. The largest absolute Gasteiger partial charge is 0.464 e. The predicted molar refractivity (Wildman–Crippen MR) is 68.4 cm³/mol. The minimum absolute atomic E-state index is 0.0937. The Morgan fingerprint density at radius 3 is 2.76 bits per heavy atom. The van der Waals surface area contributed by atoms with Gasteiger partial charge in [-0.1, -0.05) is 18.6 Å². The van der Waals surface area contributed by atoms with Crippen molar-refractivity contribution >= 4 is 18.0 Å². The highest BCUT2D eigenvalue weighted by atomic mass is 16.6. The highest BCUT2D eigenvalue weighted by molar-refractivity contribution is 5.93. The summed E-state index contributed by atoms with van der Waals surface area (Å²) >= 11 is 0. The topological polar surface area (TPSA) is 104 Å². The second kappa shape index (κ2) is 6.33. The predicted octanol–water partition coefficient (Wildman–Crippen LogP) is -0.00400. The van der Waals surface area contributed by atoms with E-state index < -0.39 is 18.0 Å². The number of rotatable bonds is 5. The number of esters is 1. The van der Waals surface area contributed by atoms with Gasteiger partial charge in [-0.15, -0.1) is 5.10 Å². The van der Waals surface area contributed by atoms with Crippen molar-refractivity contribution in [1.29, 1.82) is 0 Å². The minimum Gasteiger partial charge on any atom is -0.464 e. The highest BCUT2D eigenvalue weighted by Gasteiger charge is 2.30. The number of carbonyl (C=O) groups excluding carboxylic acids is 3. The molecule has 9 nitrogen and oxygen atoms in total. The second-order valence-electron chi connectivity index (χ2n) is 4.44. The summed E-state index contributed by atoms with van der Waals surface area (Å²) in [6.45, 7) is 2.17. The summed E-state index contributed by atoms with van der Waals surface area (Å²) < 4.78 is 10.7. The maximum atomic E-state index is 12.1. The Balaban J connectivity index is 2.19. The number of ether oxygens (including phenoxy) is 2. The standard InChI is InChI=1S/C12H16N4O5/c1-3-4-8-10(11(18)20-2)13-14-16(8)7-9(17)15-5-6-21-12(15)19/h3-7H2,1-2H3. The monoisotopic (exact) mass is 296 g/mol. The summed E-state index contributed by atoms with van der Waals surface area (Å²) in [4.78, 5) is 36.0. The van der Waals surface area contributed by atoms with Gasteiger partial charge in [-0.2, -0.15) is 0 Å². The average Bonchev–Trinajstić information content (AvgIpc) is 3.06. The lowest BCUT2D eigenvalue weighted by Crippen LogP contribution is -2.35. The van der Waals surface area contributed by atoms with Gasteiger partial charge in [0.05, 0.1) is 19.3 Å². The molecule has 2 rings (SSSR count). The van der Waals surface area contributed by atoms with E-state index in [4.69, 9.17) is 4.74 Å². The Hall–Kier alpha value is -2.45. The van der Waals surface area contributed by atoms with Crippen molar-refractivity contribution in [2.24, 2.45) is 0 Å². The lowest BCUT2D eigenvalue weighted by molar-refractivity contribution is -0.128. The molecule has 1 aliphatic heterocycles. The van der Waals surface area contributed by atoms with Gasteiger partial charge in [0.1, 0.15) is 13.2 Å². The van der Waals surface area contributed by atoms with Gasteiger partial charge in [0, 0.05) is 0 Å². The van der Waals surface area contributed by atoms with Crippen LogP contribution < -0.4 is 0 Å². The first kappa shape index (κ1) is 14.9. The fraction of sp³-hybridized carbons (Fsp3) is 0.583. The average molecular weight is 296 g/mol. The van der Waals surface area contributed by atoms with Crippen molar-refractivity contribution < 1.29 is 23.9 Å². The number of amides is 2. The van der Waals surface area contributed by atoms with Crippen LogP contribution in [0.25, 0.3) is 0 Å². The summed E-state index contributed by atoms with van der Waals surface area (Å²) in [6, 6.07) is 0. The van der Waals surface area contributed by atoms with Crippen LogP contribution in [0.15, 0.2) is 0 Å². The molecule has 2 heterocycles. The third-order valence-corrected chi connectivity index (χ3v) is 3.05. The van der Waals surface area contributed by atoms with E-state index in [1.54, 1.807) is 0 Å². The van der Waals surface area contributed by atoms with E-state index in [-0.39, 0.29) is 25.4 Å². The van der Waals surface area contributed by atoms with Crippen molar-refractivity contribution in [3.8, 4) is 0 Å². The van der Waals surface area contributed by atoms with E-state index in [2.05, 4.69) is 15.0 Å². The fourth-order valence-electron chi connectivity index (χ4n) is 2.03. The summed E-state index contributed by atoms with van der Waals surface area (Å²) in [5.74, 6) is -1.05. The van der Waals surface area contributed by atoms with E-state index in [0.29, 0.717) is 12.1 Å². The number of cyclic esters (lactones) is 1. The first-order chi connectivity index (χ1) is 10.1. The number of carbonyl (C=O) groups is 3. The van der Waals surface area contributed by atoms with Gasteiger partial charge in [-0.05, 0) is 6.42 Å². The van der Waals surface area contributed by atoms with E-state index >= 15 is 0 Å². The van der Waals surface area contributed by atoms with Gasteiger partial charge in [-0.25, -0.2) is 19.2 Å². The molecule has 0 radical (unpaired) electrons. The zero-order chi connectivity index (χ0) is 15.4. The van der Waals surface area contributed by atoms with Crippen molar-refractivity contribution in [1.82, 2.24) is 19.9 Å². The number of methoxy groups -OCH3 is 1. The molecule has 0 spiro atoms. The third-order valence-electron chi connectivity index (χ3n) is 3.05. The van der Waals surface area contributed by atoms with Crippen molar-refractivity contribution in [3.63, 3.8) is 0 Å². The van der Waals surface area contributed by atoms with Crippen LogP contribution in [0.3, 0.4) is 0 Å². The Morgan fingerprint density at radius 2 is 2.19 bits per heavy atom. The Kier molecular flexibility index (Phi) is 4.51. The maximum Gasteiger partial charge on any atom is 0.416 e. The van der Waals surface area contributed by atoms with E-state index in [9.17, 15) is 14.4 Å². The number of aromatic nitrogens is 3.